The van der Waals surface area contributed by atoms with Crippen LogP contribution in [0, 0.1) is 5.41 Å². The number of benzene rings is 1. The quantitative estimate of drug-likeness (QED) is 0.316. The van der Waals surface area contributed by atoms with Crippen LogP contribution < -0.4 is 4.74 Å². The van der Waals surface area contributed by atoms with E-state index in [-0.39, 0.29) is 18.0 Å². The lowest BCUT2D eigenvalue weighted by atomic mass is 9.58. The molecule has 226 valence electrons. The molecule has 11 heteroatoms. The molecule has 2 aliphatic heterocycles. The third-order valence-electron chi connectivity index (χ3n) is 7.56. The highest BCUT2D eigenvalue weighted by atomic mass is 79.9. The van der Waals surface area contributed by atoms with Gasteiger partial charge in [0.15, 0.2) is 0 Å². The van der Waals surface area contributed by atoms with E-state index in [0.717, 1.165) is 39.8 Å². The maximum atomic E-state index is 13.5. The summed E-state index contributed by atoms with van der Waals surface area (Å²) in [4.78, 5) is 36.8. The van der Waals surface area contributed by atoms with E-state index in [1.807, 2.05) is 24.3 Å². The van der Waals surface area contributed by atoms with Crippen molar-refractivity contribution in [3.05, 3.63) is 41.1 Å². The summed E-state index contributed by atoms with van der Waals surface area (Å²) in [7, 11) is 0. The standard InChI is InChI=1S/C31H38BrN3O7/c1-28(2,3)41-26(36)35(27(37)42-29(4,5)6)25-34-23-15-20(21-14-22(32)17-33-16-21)8-9-24(23)40-31(10-7-11-31)30(12-13-39-25)18-38-19-30/h8-9,14-17H,7,10-13,18-19H2,1-6H3. The zero-order chi connectivity index (χ0) is 30.3. The SMILES string of the molecule is CC(C)(C)OC(=O)N(C(=O)OC(C)(C)C)C1=Nc2cc(-c3cncc(Br)c3)ccc2OC2(CCC2)C2(CCO1)COC2. The maximum absolute atomic E-state index is 13.5. The molecule has 2 spiro atoms. The van der Waals surface area contributed by atoms with Gasteiger partial charge >= 0.3 is 18.2 Å². The average molecular weight is 645 g/mol. The highest BCUT2D eigenvalue weighted by molar-refractivity contribution is 9.10. The molecule has 10 nitrogen and oxygen atoms in total. The fourth-order valence-electron chi connectivity index (χ4n) is 5.31. The molecule has 1 saturated heterocycles. The van der Waals surface area contributed by atoms with Crippen LogP contribution in [-0.2, 0) is 18.9 Å². The molecular formula is C31H38BrN3O7. The van der Waals surface area contributed by atoms with Crippen molar-refractivity contribution in [1.29, 1.82) is 0 Å². The van der Waals surface area contributed by atoms with Crippen LogP contribution in [0.25, 0.3) is 11.1 Å². The van der Waals surface area contributed by atoms with E-state index in [0.29, 0.717) is 31.1 Å². The molecular weight excluding hydrogens is 606 g/mol. The number of carbonyl (C=O) groups is 2. The van der Waals surface area contributed by atoms with E-state index in [2.05, 4.69) is 20.9 Å². The normalized spacial score (nSPS) is 19.2. The lowest BCUT2D eigenvalue weighted by Crippen LogP contribution is -2.66. The van der Waals surface area contributed by atoms with Crippen molar-refractivity contribution in [2.45, 2.75) is 84.0 Å². The van der Waals surface area contributed by atoms with Gasteiger partial charge in [-0.1, -0.05) is 6.07 Å². The molecule has 0 radical (unpaired) electrons. The van der Waals surface area contributed by atoms with Crippen LogP contribution in [0.5, 0.6) is 5.75 Å². The van der Waals surface area contributed by atoms with Crippen LogP contribution in [0.15, 0.2) is 46.1 Å². The van der Waals surface area contributed by atoms with Gasteiger partial charge in [0.1, 0.15) is 28.2 Å². The first-order valence-electron chi connectivity index (χ1n) is 14.2. The Bertz CT molecular complexity index is 1360. The zero-order valence-electron chi connectivity index (χ0n) is 25.0. The summed E-state index contributed by atoms with van der Waals surface area (Å²) < 4.78 is 30.8. The summed E-state index contributed by atoms with van der Waals surface area (Å²) >= 11 is 3.49. The number of rotatable bonds is 1. The van der Waals surface area contributed by atoms with Crippen molar-refractivity contribution in [3.8, 4) is 16.9 Å². The van der Waals surface area contributed by atoms with Crippen LogP contribution in [0.1, 0.15) is 67.2 Å². The summed E-state index contributed by atoms with van der Waals surface area (Å²) in [5, 5.41) is 0. The van der Waals surface area contributed by atoms with Crippen molar-refractivity contribution in [2.24, 2.45) is 10.4 Å². The lowest BCUT2D eigenvalue weighted by molar-refractivity contribution is -0.242. The number of amidine groups is 1. The summed E-state index contributed by atoms with van der Waals surface area (Å²) in [6, 6.07) is 7.33. The van der Waals surface area contributed by atoms with Crippen LogP contribution >= 0.6 is 15.9 Å². The molecule has 0 bridgehead atoms. The fraction of sp³-hybridized carbons (Fsp3) is 0.548. The number of hydrogen-bond donors (Lipinski definition) is 0. The summed E-state index contributed by atoms with van der Waals surface area (Å²) in [6.07, 6.45) is 4.98. The molecule has 2 aromatic rings. The minimum atomic E-state index is -0.959. The van der Waals surface area contributed by atoms with Gasteiger partial charge in [-0.2, -0.15) is 4.99 Å². The van der Waals surface area contributed by atoms with E-state index in [9.17, 15) is 9.59 Å². The Hall–Kier alpha value is -3.18. The van der Waals surface area contributed by atoms with Crippen molar-refractivity contribution in [1.82, 2.24) is 9.88 Å². The predicted octanol–water partition coefficient (Wildman–Crippen LogP) is 7.41. The number of aliphatic imine (C=N–C) groups is 1. The van der Waals surface area contributed by atoms with Gasteiger partial charge in [0.05, 0.1) is 25.2 Å². The number of hydrogen-bond acceptors (Lipinski definition) is 9. The zero-order valence-corrected chi connectivity index (χ0v) is 26.6. The van der Waals surface area contributed by atoms with E-state index in [1.165, 1.54) is 0 Å². The molecule has 42 heavy (non-hydrogen) atoms. The van der Waals surface area contributed by atoms with E-state index in [1.54, 1.807) is 53.9 Å². The molecule has 1 aromatic heterocycles. The molecule has 1 aromatic carbocycles. The molecule has 5 rings (SSSR count). The van der Waals surface area contributed by atoms with E-state index < -0.39 is 29.0 Å². The highest BCUT2D eigenvalue weighted by Gasteiger charge is 2.61. The van der Waals surface area contributed by atoms with Crippen LogP contribution in [-0.4, -0.2) is 64.7 Å². The largest absolute Gasteiger partial charge is 0.484 e. The van der Waals surface area contributed by atoms with Crippen molar-refractivity contribution in [3.63, 3.8) is 0 Å². The first-order chi connectivity index (χ1) is 19.7. The Morgan fingerprint density at radius 3 is 2.12 bits per heavy atom. The summed E-state index contributed by atoms with van der Waals surface area (Å²) in [6.45, 7) is 11.6. The minimum Gasteiger partial charge on any atom is -0.484 e. The second kappa shape index (κ2) is 11.1. The third kappa shape index (κ3) is 6.27. The Labute approximate surface area is 254 Å². The first-order valence-corrected chi connectivity index (χ1v) is 15.0. The van der Waals surface area contributed by atoms with E-state index >= 15 is 0 Å². The number of carbonyl (C=O) groups excluding carboxylic acids is 2. The minimum absolute atomic E-state index is 0.181. The predicted molar refractivity (Wildman–Crippen MR) is 160 cm³/mol. The van der Waals surface area contributed by atoms with Gasteiger partial charge in [-0.15, -0.1) is 4.90 Å². The topological polar surface area (TPSA) is 109 Å². The Kier molecular flexibility index (Phi) is 8.04. The smallest absolute Gasteiger partial charge is 0.428 e. The molecule has 1 saturated carbocycles. The monoisotopic (exact) mass is 643 g/mol. The Balaban J connectivity index is 1.65. The van der Waals surface area contributed by atoms with E-state index in [4.69, 9.17) is 28.7 Å². The molecule has 0 N–H and O–H groups in total. The van der Waals surface area contributed by atoms with Gasteiger partial charge in [-0.3, -0.25) is 4.98 Å². The molecule has 2 amide bonds. The van der Waals surface area contributed by atoms with Crippen LogP contribution in [0.3, 0.4) is 0 Å². The summed E-state index contributed by atoms with van der Waals surface area (Å²) in [5.41, 5.74) is -0.397. The highest BCUT2D eigenvalue weighted by Crippen LogP contribution is 2.56. The molecule has 0 atom stereocenters. The average Bonchev–Trinajstić information content (AvgIpc) is 2.82. The number of imide groups is 1. The number of amides is 2. The van der Waals surface area contributed by atoms with Gasteiger partial charge in [0, 0.05) is 22.4 Å². The second-order valence-corrected chi connectivity index (χ2v) is 14.0. The second-order valence-electron chi connectivity index (χ2n) is 13.1. The number of halogens is 1. The fourth-order valence-corrected chi connectivity index (χ4v) is 5.67. The number of pyridine rings is 1. The molecule has 3 aliphatic rings. The number of fused-ring (bicyclic) bond motifs is 2. The molecule has 2 fully saturated rings. The number of nitrogens with zero attached hydrogens (tertiary/aromatic N) is 3. The van der Waals surface area contributed by atoms with Gasteiger partial charge in [0.2, 0.25) is 0 Å². The van der Waals surface area contributed by atoms with Crippen molar-refractivity contribution < 1.29 is 33.3 Å². The first kappa shape index (κ1) is 30.3. The van der Waals surface area contributed by atoms with Gasteiger partial charge in [0.25, 0.3) is 0 Å². The van der Waals surface area contributed by atoms with Crippen LogP contribution in [0.2, 0.25) is 0 Å². The molecule has 1 aliphatic carbocycles. The van der Waals surface area contributed by atoms with Gasteiger partial charge < -0.3 is 23.7 Å². The third-order valence-corrected chi connectivity index (χ3v) is 7.99. The van der Waals surface area contributed by atoms with Gasteiger partial charge in [-0.05, 0) is 107 Å². The van der Waals surface area contributed by atoms with Crippen LogP contribution in [0.4, 0.5) is 15.3 Å². The number of aromatic nitrogens is 1. The van der Waals surface area contributed by atoms with Crippen molar-refractivity contribution >= 4 is 39.8 Å². The Morgan fingerprint density at radius 2 is 1.60 bits per heavy atom. The summed E-state index contributed by atoms with van der Waals surface area (Å²) in [5.74, 6) is 0.518. The number of ether oxygens (including phenoxy) is 5. The van der Waals surface area contributed by atoms with Crippen molar-refractivity contribution in [2.75, 3.05) is 19.8 Å². The van der Waals surface area contributed by atoms with Gasteiger partial charge in [-0.25, -0.2) is 9.59 Å². The molecule has 0 unspecified atom stereocenters. The Morgan fingerprint density at radius 1 is 0.929 bits per heavy atom. The lowest BCUT2D eigenvalue weighted by Gasteiger charge is -2.59. The maximum Gasteiger partial charge on any atom is 0.428 e. The molecule has 3 heterocycles.